The van der Waals surface area contributed by atoms with Crippen LogP contribution in [0.2, 0.25) is 0 Å². The third kappa shape index (κ3) is 8.21. The minimum absolute atomic E-state index is 0.301. The first-order valence-electron chi connectivity index (χ1n) is 8.95. The highest BCUT2D eigenvalue weighted by Gasteiger charge is 2.08. The zero-order valence-corrected chi connectivity index (χ0v) is 14.3. The van der Waals surface area contributed by atoms with Crippen molar-refractivity contribution in [3.05, 3.63) is 35.4 Å². The molecule has 0 bridgehead atoms. The van der Waals surface area contributed by atoms with Crippen LogP contribution in [0.5, 0.6) is 0 Å². The molecule has 0 saturated heterocycles. The molecule has 0 spiro atoms. The molecule has 2 nitrogen and oxygen atoms in total. The first-order valence-corrected chi connectivity index (χ1v) is 8.95. The van der Waals surface area contributed by atoms with E-state index in [1.807, 2.05) is 0 Å². The molecule has 0 fully saturated rings. The van der Waals surface area contributed by atoms with Gasteiger partial charge in [-0.05, 0) is 42.7 Å². The Labute approximate surface area is 135 Å². The monoisotopic (exact) mass is 304 g/mol. The van der Waals surface area contributed by atoms with Crippen LogP contribution in [-0.4, -0.2) is 11.1 Å². The zero-order chi connectivity index (χ0) is 16.2. The molecule has 124 valence electrons. The first kappa shape index (κ1) is 18.7. The number of aryl methyl sites for hydroxylation is 1. The summed E-state index contributed by atoms with van der Waals surface area (Å²) in [7, 11) is 0. The van der Waals surface area contributed by atoms with Gasteiger partial charge in [-0.1, -0.05) is 70.2 Å². The molecule has 22 heavy (non-hydrogen) atoms. The van der Waals surface area contributed by atoms with E-state index in [0.717, 1.165) is 31.6 Å². The lowest BCUT2D eigenvalue weighted by molar-refractivity contribution is -0.137. The fraction of sp³-hybridized carbons (Fsp3) is 0.650. The molecule has 1 rings (SSSR count). The van der Waals surface area contributed by atoms with E-state index < -0.39 is 5.97 Å². The van der Waals surface area contributed by atoms with Crippen molar-refractivity contribution in [2.24, 2.45) is 5.92 Å². The zero-order valence-electron chi connectivity index (χ0n) is 14.3. The number of aliphatic carboxylic acids is 1. The summed E-state index contributed by atoms with van der Waals surface area (Å²) in [5, 5.41) is 8.61. The molecular weight excluding hydrogens is 272 g/mol. The van der Waals surface area contributed by atoms with Gasteiger partial charge in [0.2, 0.25) is 0 Å². The molecule has 2 heteroatoms. The second kappa shape index (κ2) is 11.3. The van der Waals surface area contributed by atoms with Gasteiger partial charge in [0.05, 0.1) is 0 Å². The minimum atomic E-state index is -0.682. The van der Waals surface area contributed by atoms with Crippen molar-refractivity contribution in [1.29, 1.82) is 0 Å². The maximum atomic E-state index is 10.5. The Kier molecular flexibility index (Phi) is 9.61. The van der Waals surface area contributed by atoms with E-state index in [-0.39, 0.29) is 0 Å². The largest absolute Gasteiger partial charge is 0.481 e. The smallest absolute Gasteiger partial charge is 0.303 e. The van der Waals surface area contributed by atoms with Gasteiger partial charge in [-0.3, -0.25) is 4.79 Å². The van der Waals surface area contributed by atoms with Gasteiger partial charge in [-0.2, -0.15) is 0 Å². The summed E-state index contributed by atoms with van der Waals surface area (Å²) in [5.41, 5.74) is 2.84. The van der Waals surface area contributed by atoms with Gasteiger partial charge in [0.25, 0.3) is 0 Å². The number of benzene rings is 1. The summed E-state index contributed by atoms with van der Waals surface area (Å²) < 4.78 is 0. The predicted molar refractivity (Wildman–Crippen MR) is 93.3 cm³/mol. The van der Waals surface area contributed by atoms with Gasteiger partial charge < -0.3 is 5.11 Å². The van der Waals surface area contributed by atoms with Crippen LogP contribution < -0.4 is 0 Å². The van der Waals surface area contributed by atoms with E-state index in [2.05, 4.69) is 38.1 Å². The van der Waals surface area contributed by atoms with Crippen molar-refractivity contribution in [1.82, 2.24) is 0 Å². The molecule has 1 N–H and O–H groups in total. The van der Waals surface area contributed by atoms with E-state index in [9.17, 15) is 4.79 Å². The molecular formula is C20H32O2. The Morgan fingerprint density at radius 2 is 1.55 bits per heavy atom. The second-order valence-electron chi connectivity index (χ2n) is 6.42. The van der Waals surface area contributed by atoms with Crippen LogP contribution in [0.25, 0.3) is 0 Å². The second-order valence-corrected chi connectivity index (χ2v) is 6.42. The van der Waals surface area contributed by atoms with Crippen molar-refractivity contribution < 1.29 is 9.90 Å². The lowest BCUT2D eigenvalue weighted by Gasteiger charge is -2.15. The average Bonchev–Trinajstić information content (AvgIpc) is 2.49. The van der Waals surface area contributed by atoms with Gasteiger partial charge in [0.1, 0.15) is 0 Å². The van der Waals surface area contributed by atoms with Gasteiger partial charge in [0.15, 0.2) is 0 Å². The van der Waals surface area contributed by atoms with E-state index >= 15 is 0 Å². The maximum Gasteiger partial charge on any atom is 0.303 e. The summed E-state index contributed by atoms with van der Waals surface area (Å²) in [6.07, 6.45) is 10.7. The molecule has 0 radical (unpaired) electrons. The summed E-state index contributed by atoms with van der Waals surface area (Å²) in [4.78, 5) is 10.5. The van der Waals surface area contributed by atoms with E-state index in [0.29, 0.717) is 6.42 Å². The summed E-state index contributed by atoms with van der Waals surface area (Å²) in [5.74, 6) is 0.148. The summed E-state index contributed by atoms with van der Waals surface area (Å²) in [6.45, 7) is 4.55. The Hall–Kier alpha value is -1.31. The van der Waals surface area contributed by atoms with Crippen molar-refractivity contribution in [3.8, 4) is 0 Å². The van der Waals surface area contributed by atoms with Crippen molar-refractivity contribution in [3.63, 3.8) is 0 Å². The minimum Gasteiger partial charge on any atom is -0.481 e. The standard InChI is InChI=1S/C20H32O2/c1-3-8-18(9-4-2)16-19-14-12-17(13-15-19)10-6-5-7-11-20(21)22/h12-15,18H,3-11,16H2,1-2H3,(H,21,22). The van der Waals surface area contributed by atoms with Crippen LogP contribution in [0.1, 0.15) is 76.3 Å². The van der Waals surface area contributed by atoms with Crippen LogP contribution in [0.15, 0.2) is 24.3 Å². The highest BCUT2D eigenvalue weighted by atomic mass is 16.4. The van der Waals surface area contributed by atoms with Crippen molar-refractivity contribution in [2.75, 3.05) is 0 Å². The number of unbranched alkanes of at least 4 members (excludes halogenated alkanes) is 2. The number of carboxylic acid groups (broad SMARTS) is 1. The molecule has 0 aliphatic heterocycles. The highest BCUT2D eigenvalue weighted by molar-refractivity contribution is 5.66. The Morgan fingerprint density at radius 1 is 0.955 bits per heavy atom. The van der Waals surface area contributed by atoms with Crippen LogP contribution in [0.3, 0.4) is 0 Å². The van der Waals surface area contributed by atoms with Crippen LogP contribution in [-0.2, 0) is 17.6 Å². The third-order valence-electron chi connectivity index (χ3n) is 4.30. The molecule has 0 amide bonds. The molecule has 1 aromatic rings. The Morgan fingerprint density at radius 3 is 2.09 bits per heavy atom. The van der Waals surface area contributed by atoms with Gasteiger partial charge in [-0.25, -0.2) is 0 Å². The van der Waals surface area contributed by atoms with Crippen LogP contribution in [0.4, 0.5) is 0 Å². The number of carbonyl (C=O) groups is 1. The number of hydrogen-bond acceptors (Lipinski definition) is 1. The van der Waals surface area contributed by atoms with Gasteiger partial charge in [-0.15, -0.1) is 0 Å². The normalized spacial score (nSPS) is 11.0. The molecule has 1 aromatic carbocycles. The fourth-order valence-corrected chi connectivity index (χ4v) is 3.12. The molecule has 0 aliphatic carbocycles. The fourth-order valence-electron chi connectivity index (χ4n) is 3.12. The molecule has 0 atom stereocenters. The Bertz CT molecular complexity index is 402. The lowest BCUT2D eigenvalue weighted by Crippen LogP contribution is -2.04. The average molecular weight is 304 g/mol. The van der Waals surface area contributed by atoms with Crippen molar-refractivity contribution >= 4 is 5.97 Å². The molecule has 0 heterocycles. The molecule has 0 saturated carbocycles. The first-order chi connectivity index (χ1) is 10.7. The van der Waals surface area contributed by atoms with Crippen LogP contribution >= 0.6 is 0 Å². The SMILES string of the molecule is CCCC(CCC)Cc1ccc(CCCCCC(=O)O)cc1. The number of hydrogen-bond donors (Lipinski definition) is 1. The van der Waals surface area contributed by atoms with E-state index in [4.69, 9.17) is 5.11 Å². The van der Waals surface area contributed by atoms with Crippen molar-refractivity contribution in [2.45, 2.75) is 78.1 Å². The molecule has 0 aromatic heterocycles. The molecule has 0 unspecified atom stereocenters. The quantitative estimate of drug-likeness (QED) is 0.508. The number of carboxylic acids is 1. The van der Waals surface area contributed by atoms with Gasteiger partial charge >= 0.3 is 5.97 Å². The summed E-state index contributed by atoms with van der Waals surface area (Å²) in [6, 6.07) is 9.07. The maximum absolute atomic E-state index is 10.5. The van der Waals surface area contributed by atoms with Gasteiger partial charge in [0, 0.05) is 6.42 Å². The third-order valence-corrected chi connectivity index (χ3v) is 4.30. The highest BCUT2D eigenvalue weighted by Crippen LogP contribution is 2.20. The van der Waals surface area contributed by atoms with Crippen LogP contribution in [0, 0.1) is 5.92 Å². The predicted octanol–water partition coefficient (Wildman–Crippen LogP) is 5.63. The lowest BCUT2D eigenvalue weighted by atomic mass is 9.90. The topological polar surface area (TPSA) is 37.3 Å². The van der Waals surface area contributed by atoms with E-state index in [1.54, 1.807) is 0 Å². The van der Waals surface area contributed by atoms with E-state index in [1.165, 1.54) is 43.2 Å². The summed E-state index contributed by atoms with van der Waals surface area (Å²) >= 11 is 0. The Balaban J connectivity index is 2.34. The number of rotatable bonds is 12. The molecule has 0 aliphatic rings.